The number of likely N-dealkylation sites (tertiary alicyclic amines) is 1. The van der Waals surface area contributed by atoms with E-state index in [0.29, 0.717) is 18.5 Å². The van der Waals surface area contributed by atoms with Gasteiger partial charge in [-0.1, -0.05) is 0 Å². The summed E-state index contributed by atoms with van der Waals surface area (Å²) in [5, 5.41) is 0. The van der Waals surface area contributed by atoms with Gasteiger partial charge in [-0.05, 0) is 39.3 Å². The van der Waals surface area contributed by atoms with Crippen LogP contribution in [0.1, 0.15) is 38.4 Å². The molecule has 134 valence electrons. The second-order valence-corrected chi connectivity index (χ2v) is 6.82. The first-order chi connectivity index (χ1) is 10.9. The Kier molecular flexibility index (Phi) is 4.96. The summed E-state index contributed by atoms with van der Waals surface area (Å²) in [7, 11) is 0. The number of hydrogen-bond acceptors (Lipinski definition) is 4. The number of carbonyl (C=O) groups excluding carboxylic acids is 1. The molecule has 0 radical (unpaired) electrons. The molecule has 2 rings (SSSR count). The molecule has 1 aliphatic heterocycles. The Balaban J connectivity index is 2.01. The van der Waals surface area contributed by atoms with Crippen LogP contribution in [0, 0.1) is 6.92 Å². The molecule has 5 nitrogen and oxygen atoms in total. The Morgan fingerprint density at radius 3 is 2.54 bits per heavy atom. The van der Waals surface area contributed by atoms with Crippen molar-refractivity contribution in [1.29, 1.82) is 0 Å². The fourth-order valence-electron chi connectivity index (χ4n) is 2.33. The Bertz CT molecular complexity index is 612. The molecule has 0 saturated carbocycles. The van der Waals surface area contributed by atoms with Gasteiger partial charge in [-0.2, -0.15) is 13.2 Å². The van der Waals surface area contributed by atoms with E-state index < -0.39 is 29.7 Å². The van der Waals surface area contributed by atoms with Gasteiger partial charge in [-0.3, -0.25) is 0 Å². The van der Waals surface area contributed by atoms with E-state index in [2.05, 4.69) is 4.98 Å². The maximum absolute atomic E-state index is 12.8. The van der Waals surface area contributed by atoms with Gasteiger partial charge in [0.1, 0.15) is 17.4 Å². The molecular formula is C16H21F3N2O3. The molecule has 0 aliphatic carbocycles. The fraction of sp³-hybridized carbons (Fsp3) is 0.625. The second kappa shape index (κ2) is 6.49. The predicted octanol–water partition coefficient (Wildman–Crippen LogP) is 3.80. The summed E-state index contributed by atoms with van der Waals surface area (Å²) in [5.41, 5.74) is -1.18. The van der Waals surface area contributed by atoms with Crippen LogP contribution in [0.4, 0.5) is 18.0 Å². The van der Waals surface area contributed by atoms with Gasteiger partial charge in [0.25, 0.3) is 0 Å². The van der Waals surface area contributed by atoms with Crippen molar-refractivity contribution in [3.63, 3.8) is 0 Å². The highest BCUT2D eigenvalue weighted by Gasteiger charge is 2.34. The molecule has 1 aromatic heterocycles. The van der Waals surface area contributed by atoms with Gasteiger partial charge >= 0.3 is 12.3 Å². The van der Waals surface area contributed by atoms with Crippen molar-refractivity contribution in [3.8, 4) is 5.88 Å². The van der Waals surface area contributed by atoms with Gasteiger partial charge in [0.2, 0.25) is 5.88 Å². The van der Waals surface area contributed by atoms with Crippen molar-refractivity contribution in [2.75, 3.05) is 13.1 Å². The number of alkyl halides is 3. The number of nitrogens with zero attached hydrogens (tertiary/aromatic N) is 2. The molecule has 0 bridgehead atoms. The lowest BCUT2D eigenvalue weighted by Gasteiger charge is -2.24. The van der Waals surface area contributed by atoms with Crippen LogP contribution in [0.2, 0.25) is 0 Å². The first kappa shape index (κ1) is 18.4. The Hall–Kier alpha value is -1.99. The highest BCUT2D eigenvalue weighted by molar-refractivity contribution is 5.68. The summed E-state index contributed by atoms with van der Waals surface area (Å²) < 4.78 is 49.2. The third kappa shape index (κ3) is 5.01. The quantitative estimate of drug-likeness (QED) is 0.817. The Morgan fingerprint density at radius 1 is 1.29 bits per heavy atom. The number of carbonyl (C=O) groups is 1. The Labute approximate surface area is 138 Å². The molecule has 1 saturated heterocycles. The van der Waals surface area contributed by atoms with Crippen LogP contribution in [0.5, 0.6) is 5.88 Å². The van der Waals surface area contributed by atoms with Crippen molar-refractivity contribution < 1.29 is 27.4 Å². The van der Waals surface area contributed by atoms with E-state index in [1.54, 1.807) is 27.7 Å². The topological polar surface area (TPSA) is 51.7 Å². The number of aromatic nitrogens is 1. The van der Waals surface area contributed by atoms with Gasteiger partial charge in [0.05, 0.1) is 6.54 Å². The zero-order valence-electron chi connectivity index (χ0n) is 14.1. The van der Waals surface area contributed by atoms with Crippen molar-refractivity contribution in [1.82, 2.24) is 9.88 Å². The highest BCUT2D eigenvalue weighted by Crippen LogP contribution is 2.30. The van der Waals surface area contributed by atoms with Crippen molar-refractivity contribution in [2.45, 2.75) is 52.0 Å². The summed E-state index contributed by atoms with van der Waals surface area (Å²) in [4.78, 5) is 17.0. The van der Waals surface area contributed by atoms with Crippen molar-refractivity contribution in [2.24, 2.45) is 0 Å². The number of amides is 1. The van der Waals surface area contributed by atoms with Gasteiger partial charge in [-0.15, -0.1) is 0 Å². The molecule has 1 aromatic rings. The summed E-state index contributed by atoms with van der Waals surface area (Å²) in [6, 6.07) is 2.42. The average molecular weight is 346 g/mol. The number of ether oxygens (including phenoxy) is 2. The maximum atomic E-state index is 12.8. The van der Waals surface area contributed by atoms with Crippen LogP contribution in [-0.4, -0.2) is 40.8 Å². The molecule has 1 atom stereocenters. The van der Waals surface area contributed by atoms with E-state index in [-0.39, 0.29) is 12.4 Å². The maximum Gasteiger partial charge on any atom is 0.433 e. The van der Waals surface area contributed by atoms with E-state index >= 15 is 0 Å². The van der Waals surface area contributed by atoms with E-state index in [9.17, 15) is 18.0 Å². The summed E-state index contributed by atoms with van der Waals surface area (Å²) in [6.45, 7) is 7.54. The molecule has 8 heteroatoms. The molecule has 0 aromatic carbocycles. The largest absolute Gasteiger partial charge is 0.472 e. The van der Waals surface area contributed by atoms with E-state index in [4.69, 9.17) is 9.47 Å². The molecule has 2 heterocycles. The molecule has 1 fully saturated rings. The lowest BCUT2D eigenvalue weighted by atomic mass is 10.2. The number of hydrogen-bond donors (Lipinski definition) is 0. The van der Waals surface area contributed by atoms with E-state index in [1.165, 1.54) is 11.0 Å². The fourth-order valence-corrected chi connectivity index (χ4v) is 2.33. The third-order valence-corrected chi connectivity index (χ3v) is 3.32. The summed E-state index contributed by atoms with van der Waals surface area (Å²) >= 11 is 0. The number of halogens is 3. The van der Waals surface area contributed by atoms with Gasteiger partial charge in [-0.25, -0.2) is 9.78 Å². The van der Waals surface area contributed by atoms with Crippen LogP contribution in [-0.2, 0) is 10.9 Å². The highest BCUT2D eigenvalue weighted by atomic mass is 19.4. The standard InChI is InChI=1S/C16H21F3N2O3/c1-10-7-12(16(17,18)19)20-13(8-10)23-11-5-6-21(9-11)14(22)24-15(2,3)4/h7-8,11H,5-6,9H2,1-4H3/t11-/m0/s1. The first-order valence-electron chi connectivity index (χ1n) is 7.64. The minimum atomic E-state index is -4.53. The molecular weight excluding hydrogens is 325 g/mol. The average Bonchev–Trinajstić information content (AvgIpc) is 2.83. The van der Waals surface area contributed by atoms with Crippen LogP contribution in [0.3, 0.4) is 0 Å². The molecule has 24 heavy (non-hydrogen) atoms. The van der Waals surface area contributed by atoms with Gasteiger partial charge in [0.15, 0.2) is 0 Å². The lowest BCUT2D eigenvalue weighted by molar-refractivity contribution is -0.141. The normalized spacial score (nSPS) is 18.6. The van der Waals surface area contributed by atoms with Crippen LogP contribution in [0.25, 0.3) is 0 Å². The SMILES string of the molecule is Cc1cc(O[C@H]2CCN(C(=O)OC(C)(C)C)C2)nc(C(F)(F)F)c1. The third-order valence-electron chi connectivity index (χ3n) is 3.32. The second-order valence-electron chi connectivity index (χ2n) is 6.82. The van der Waals surface area contributed by atoms with Gasteiger partial charge < -0.3 is 14.4 Å². The van der Waals surface area contributed by atoms with E-state index in [1.807, 2.05) is 0 Å². The zero-order valence-corrected chi connectivity index (χ0v) is 14.1. The first-order valence-corrected chi connectivity index (χ1v) is 7.64. The van der Waals surface area contributed by atoms with Crippen molar-refractivity contribution >= 4 is 6.09 Å². The van der Waals surface area contributed by atoms with Crippen LogP contribution >= 0.6 is 0 Å². The summed E-state index contributed by atoms with van der Waals surface area (Å²) in [6.07, 6.45) is -4.88. The van der Waals surface area contributed by atoms with Crippen LogP contribution < -0.4 is 4.74 Å². The lowest BCUT2D eigenvalue weighted by Crippen LogP contribution is -2.36. The molecule has 1 aliphatic rings. The minimum absolute atomic E-state index is 0.0848. The smallest absolute Gasteiger partial charge is 0.433 e. The molecule has 0 N–H and O–H groups in total. The van der Waals surface area contributed by atoms with Crippen LogP contribution in [0.15, 0.2) is 12.1 Å². The number of pyridine rings is 1. The zero-order chi connectivity index (χ0) is 18.1. The molecule has 0 unspecified atom stereocenters. The molecule has 0 spiro atoms. The number of aryl methyl sites for hydroxylation is 1. The van der Waals surface area contributed by atoms with Gasteiger partial charge in [0, 0.05) is 19.0 Å². The summed E-state index contributed by atoms with van der Waals surface area (Å²) in [5.74, 6) is -0.0848. The monoisotopic (exact) mass is 346 g/mol. The minimum Gasteiger partial charge on any atom is -0.472 e. The molecule has 1 amide bonds. The Morgan fingerprint density at radius 2 is 1.96 bits per heavy atom. The van der Waals surface area contributed by atoms with Crippen molar-refractivity contribution in [3.05, 3.63) is 23.4 Å². The predicted molar refractivity (Wildman–Crippen MR) is 80.8 cm³/mol. The number of rotatable bonds is 2. The van der Waals surface area contributed by atoms with E-state index in [0.717, 1.165) is 6.07 Å².